The number of likely N-dealkylation sites (tertiary alicyclic amines) is 1. The lowest BCUT2D eigenvalue weighted by atomic mass is 9.99. The Kier molecular flexibility index (Phi) is 3.76. The van der Waals surface area contributed by atoms with Gasteiger partial charge in [-0.15, -0.1) is 0 Å². The van der Waals surface area contributed by atoms with E-state index in [-0.39, 0.29) is 6.54 Å². The van der Waals surface area contributed by atoms with E-state index in [1.54, 1.807) is 0 Å². The Hall–Kier alpha value is -0.530. The second-order valence-corrected chi connectivity index (χ2v) is 3.41. The Morgan fingerprint density at radius 1 is 1.54 bits per heavy atom. The molecule has 1 rings (SSSR count). The summed E-state index contributed by atoms with van der Waals surface area (Å²) in [4.78, 5) is 23.1. The zero-order valence-corrected chi connectivity index (χ0v) is 9.06. The third kappa shape index (κ3) is 2.71. The number of carboxylic acid groups (broad SMARTS) is 1. The number of halogens is 1. The van der Waals surface area contributed by atoms with Crippen molar-refractivity contribution in [2.75, 3.05) is 13.1 Å². The highest BCUT2D eigenvalue weighted by molar-refractivity contribution is 14.1. The van der Waals surface area contributed by atoms with E-state index in [0.29, 0.717) is 13.0 Å². The molecular formula is C7H10INO4. The number of carbonyl (C=O) groups is 2. The molecule has 6 heteroatoms. The summed E-state index contributed by atoms with van der Waals surface area (Å²) in [6.07, 6.45) is 0.912. The first-order valence-electron chi connectivity index (χ1n) is 3.95. The quantitative estimate of drug-likeness (QED) is 0.740. The molecule has 0 aromatic heterocycles. The standard InChI is InChI=1S/C7H10INO4/c8-13-7(12)9-3-1-2-5(4-9)6(10)11/h5H,1-4H2,(H,10,11)/t5-/m1/s1. The van der Waals surface area contributed by atoms with Crippen molar-refractivity contribution in [1.29, 1.82) is 0 Å². The number of rotatable bonds is 1. The van der Waals surface area contributed by atoms with Gasteiger partial charge in [-0.1, -0.05) is 0 Å². The first kappa shape index (κ1) is 10.6. The second kappa shape index (κ2) is 4.64. The van der Waals surface area contributed by atoms with E-state index in [0.717, 1.165) is 6.42 Å². The summed E-state index contributed by atoms with van der Waals surface area (Å²) in [5, 5.41) is 8.73. The Labute approximate surface area is 89.7 Å². The van der Waals surface area contributed by atoms with Crippen molar-refractivity contribution in [2.24, 2.45) is 5.92 Å². The lowest BCUT2D eigenvalue weighted by Crippen LogP contribution is -2.41. The molecule has 5 nitrogen and oxygen atoms in total. The van der Waals surface area contributed by atoms with Crippen molar-refractivity contribution in [3.63, 3.8) is 0 Å². The number of hydrogen-bond acceptors (Lipinski definition) is 3. The van der Waals surface area contributed by atoms with Crippen molar-refractivity contribution in [2.45, 2.75) is 12.8 Å². The van der Waals surface area contributed by atoms with Crippen molar-refractivity contribution in [3.8, 4) is 0 Å². The summed E-state index contributed by atoms with van der Waals surface area (Å²) in [5.74, 6) is -1.28. The Morgan fingerprint density at radius 3 is 2.77 bits per heavy atom. The monoisotopic (exact) mass is 299 g/mol. The minimum atomic E-state index is -0.842. The van der Waals surface area contributed by atoms with Gasteiger partial charge in [0.1, 0.15) is 0 Å². The number of carboxylic acids is 1. The fraction of sp³-hybridized carbons (Fsp3) is 0.714. The number of amides is 1. The van der Waals surface area contributed by atoms with Crippen LogP contribution in [-0.4, -0.2) is 35.2 Å². The molecule has 1 amide bonds. The van der Waals surface area contributed by atoms with Crippen LogP contribution in [0, 0.1) is 5.92 Å². The van der Waals surface area contributed by atoms with Crippen molar-refractivity contribution in [1.82, 2.24) is 4.90 Å². The van der Waals surface area contributed by atoms with Crippen molar-refractivity contribution >= 4 is 35.1 Å². The molecule has 1 heterocycles. The molecule has 0 radical (unpaired) electrons. The van der Waals surface area contributed by atoms with Gasteiger partial charge in [-0.05, 0) is 12.8 Å². The van der Waals surface area contributed by atoms with Gasteiger partial charge in [0.15, 0.2) is 23.0 Å². The highest BCUT2D eigenvalue weighted by Gasteiger charge is 2.28. The van der Waals surface area contributed by atoms with E-state index >= 15 is 0 Å². The third-order valence-corrected chi connectivity index (χ3v) is 2.47. The average Bonchev–Trinajstić information content (AvgIpc) is 2.17. The molecule has 1 aliphatic heterocycles. The molecule has 13 heavy (non-hydrogen) atoms. The molecule has 0 saturated carbocycles. The van der Waals surface area contributed by atoms with Gasteiger partial charge >= 0.3 is 12.1 Å². The summed E-state index contributed by atoms with van der Waals surface area (Å²) < 4.78 is 4.48. The van der Waals surface area contributed by atoms with E-state index in [1.807, 2.05) is 0 Å². The smallest absolute Gasteiger partial charge is 0.419 e. The largest absolute Gasteiger partial charge is 0.481 e. The molecule has 0 aliphatic carbocycles. The fourth-order valence-electron chi connectivity index (χ4n) is 1.39. The van der Waals surface area contributed by atoms with Crippen molar-refractivity contribution in [3.05, 3.63) is 0 Å². The topological polar surface area (TPSA) is 66.8 Å². The maximum absolute atomic E-state index is 11.0. The van der Waals surface area contributed by atoms with Gasteiger partial charge < -0.3 is 13.1 Å². The molecule has 1 atom stereocenters. The summed E-state index contributed by atoms with van der Waals surface area (Å²) in [7, 11) is 0. The van der Waals surface area contributed by atoms with Crippen LogP contribution in [0.2, 0.25) is 0 Å². The van der Waals surface area contributed by atoms with Gasteiger partial charge in [-0.2, -0.15) is 0 Å². The van der Waals surface area contributed by atoms with E-state index < -0.39 is 18.0 Å². The summed E-state index contributed by atoms with van der Waals surface area (Å²) in [5.41, 5.74) is 0. The second-order valence-electron chi connectivity index (χ2n) is 2.97. The summed E-state index contributed by atoms with van der Waals surface area (Å²) in [6, 6.07) is 0. The lowest BCUT2D eigenvalue weighted by Gasteiger charge is -2.28. The number of aliphatic carboxylic acids is 1. The molecule has 0 unspecified atom stereocenters. The Bertz CT molecular complexity index is 221. The molecule has 1 fully saturated rings. The van der Waals surface area contributed by atoms with Crippen LogP contribution in [0.15, 0.2) is 0 Å². The highest BCUT2D eigenvalue weighted by Crippen LogP contribution is 2.17. The minimum absolute atomic E-state index is 0.261. The first-order valence-corrected chi connectivity index (χ1v) is 4.83. The Balaban J connectivity index is 2.51. The highest BCUT2D eigenvalue weighted by atomic mass is 127. The van der Waals surface area contributed by atoms with E-state index in [1.165, 1.54) is 27.9 Å². The zero-order chi connectivity index (χ0) is 9.84. The molecule has 74 valence electrons. The van der Waals surface area contributed by atoms with E-state index in [2.05, 4.69) is 3.07 Å². The SMILES string of the molecule is O=C(O)[C@@H]1CCCN(C(=O)OI)C1. The summed E-state index contributed by atoms with van der Waals surface area (Å²) >= 11 is 1.50. The number of piperidine rings is 1. The number of carbonyl (C=O) groups excluding carboxylic acids is 1. The Morgan fingerprint density at radius 2 is 2.23 bits per heavy atom. The van der Waals surface area contributed by atoms with Gasteiger partial charge in [-0.3, -0.25) is 4.79 Å². The van der Waals surface area contributed by atoms with Crippen LogP contribution in [-0.2, 0) is 7.86 Å². The van der Waals surface area contributed by atoms with E-state index in [9.17, 15) is 9.59 Å². The van der Waals surface area contributed by atoms with Gasteiger partial charge in [0.25, 0.3) is 0 Å². The van der Waals surface area contributed by atoms with Crippen LogP contribution in [0.1, 0.15) is 12.8 Å². The summed E-state index contributed by atoms with van der Waals surface area (Å²) in [6.45, 7) is 0.850. The molecule has 0 aromatic carbocycles. The average molecular weight is 299 g/mol. The van der Waals surface area contributed by atoms with E-state index in [4.69, 9.17) is 5.11 Å². The molecule has 0 spiro atoms. The van der Waals surface area contributed by atoms with Crippen LogP contribution in [0.3, 0.4) is 0 Å². The molecule has 1 N–H and O–H groups in total. The van der Waals surface area contributed by atoms with Gasteiger partial charge in [-0.25, -0.2) is 4.79 Å². The van der Waals surface area contributed by atoms with Crippen LogP contribution in [0.5, 0.6) is 0 Å². The van der Waals surface area contributed by atoms with Gasteiger partial charge in [0.2, 0.25) is 0 Å². The zero-order valence-electron chi connectivity index (χ0n) is 6.90. The predicted molar refractivity (Wildman–Crippen MR) is 52.4 cm³/mol. The molecule has 0 aromatic rings. The normalized spacial score (nSPS) is 22.5. The van der Waals surface area contributed by atoms with Crippen LogP contribution in [0.25, 0.3) is 0 Å². The molecule has 0 bridgehead atoms. The van der Waals surface area contributed by atoms with Crippen LogP contribution >= 0.6 is 23.0 Å². The number of hydrogen-bond donors (Lipinski definition) is 1. The molecule has 1 saturated heterocycles. The van der Waals surface area contributed by atoms with Gasteiger partial charge in [0.05, 0.1) is 5.92 Å². The minimum Gasteiger partial charge on any atom is -0.481 e. The first-order chi connectivity index (χ1) is 6.15. The molecule has 1 aliphatic rings. The predicted octanol–water partition coefficient (Wildman–Crippen LogP) is 1.27. The maximum Gasteiger partial charge on any atom is 0.419 e. The lowest BCUT2D eigenvalue weighted by molar-refractivity contribution is -0.143. The van der Waals surface area contributed by atoms with Crippen molar-refractivity contribution < 1.29 is 17.8 Å². The fourth-order valence-corrected chi connectivity index (χ4v) is 1.67. The third-order valence-electron chi connectivity index (χ3n) is 2.09. The van der Waals surface area contributed by atoms with Crippen LogP contribution in [0.4, 0.5) is 4.79 Å². The maximum atomic E-state index is 11.0. The van der Waals surface area contributed by atoms with Gasteiger partial charge in [0, 0.05) is 13.1 Å². The number of nitrogens with zero attached hydrogens (tertiary/aromatic N) is 1. The molecular weight excluding hydrogens is 289 g/mol. The van der Waals surface area contributed by atoms with Crippen LogP contribution < -0.4 is 0 Å².